The van der Waals surface area contributed by atoms with Gasteiger partial charge in [-0.15, -0.1) is 0 Å². The van der Waals surface area contributed by atoms with Crippen LogP contribution < -0.4 is 15.2 Å². The van der Waals surface area contributed by atoms with Crippen LogP contribution in [0.15, 0.2) is 12.1 Å². The Hall–Kier alpha value is -1.95. The number of carbonyl (C=O) groups excluding carboxylic acids is 1. The molecule has 1 atom stereocenters. The fourth-order valence-electron chi connectivity index (χ4n) is 2.62. The summed E-state index contributed by atoms with van der Waals surface area (Å²) in [4.78, 5) is 14.4. The molecule has 1 saturated heterocycles. The number of methoxy groups -OCH3 is 3. The number of rotatable bonds is 5. The molecule has 0 aromatic heterocycles. The normalized spacial score (nSPS) is 17.9. The van der Waals surface area contributed by atoms with Crippen molar-refractivity contribution >= 4 is 11.6 Å². The summed E-state index contributed by atoms with van der Waals surface area (Å²) in [5, 5.41) is 0. The number of nitrogens with two attached hydrogens (primary N) is 1. The lowest BCUT2D eigenvalue weighted by molar-refractivity contribution is 0.0776. The third-order valence-corrected chi connectivity index (χ3v) is 3.78. The topological polar surface area (TPSA) is 74.0 Å². The minimum absolute atomic E-state index is 0.0942. The molecule has 1 aromatic rings. The predicted octanol–water partition coefficient (Wildman–Crippen LogP) is 1.39. The lowest BCUT2D eigenvalue weighted by Gasteiger charge is -2.19. The van der Waals surface area contributed by atoms with E-state index in [-0.39, 0.29) is 5.91 Å². The van der Waals surface area contributed by atoms with E-state index < -0.39 is 0 Å². The van der Waals surface area contributed by atoms with E-state index in [1.165, 1.54) is 7.11 Å². The molecule has 1 heterocycles. The van der Waals surface area contributed by atoms with Gasteiger partial charge in [0.25, 0.3) is 5.91 Å². The van der Waals surface area contributed by atoms with Crippen LogP contribution in [0.2, 0.25) is 0 Å². The number of benzene rings is 1. The number of hydrogen-bond acceptors (Lipinski definition) is 5. The average Bonchev–Trinajstić information content (AvgIpc) is 2.96. The van der Waals surface area contributed by atoms with Gasteiger partial charge < -0.3 is 24.8 Å². The second kappa shape index (κ2) is 6.67. The van der Waals surface area contributed by atoms with E-state index in [9.17, 15) is 4.79 Å². The number of nitrogen functional groups attached to an aromatic ring is 1. The van der Waals surface area contributed by atoms with Gasteiger partial charge in [-0.2, -0.15) is 0 Å². The van der Waals surface area contributed by atoms with E-state index in [0.717, 1.165) is 6.42 Å². The Morgan fingerprint density at radius 3 is 2.71 bits per heavy atom. The van der Waals surface area contributed by atoms with Gasteiger partial charge in [0.1, 0.15) is 11.5 Å². The van der Waals surface area contributed by atoms with Gasteiger partial charge in [0.15, 0.2) is 0 Å². The largest absolute Gasteiger partial charge is 0.497 e. The number of carbonyl (C=O) groups is 1. The van der Waals surface area contributed by atoms with Crippen LogP contribution in [0, 0.1) is 5.92 Å². The van der Waals surface area contributed by atoms with Gasteiger partial charge in [-0.3, -0.25) is 4.79 Å². The Balaban J connectivity index is 2.23. The lowest BCUT2D eigenvalue weighted by atomic mass is 10.1. The number of hydrogen-bond donors (Lipinski definition) is 1. The van der Waals surface area contributed by atoms with E-state index in [2.05, 4.69) is 0 Å². The number of amides is 1. The van der Waals surface area contributed by atoms with Crippen LogP contribution in [0.5, 0.6) is 11.5 Å². The second-order valence-corrected chi connectivity index (χ2v) is 5.15. The first-order valence-corrected chi connectivity index (χ1v) is 6.90. The molecule has 1 amide bonds. The summed E-state index contributed by atoms with van der Waals surface area (Å²) in [5.41, 5.74) is 6.79. The fraction of sp³-hybridized carbons (Fsp3) is 0.533. The Morgan fingerprint density at radius 1 is 1.33 bits per heavy atom. The van der Waals surface area contributed by atoms with Crippen molar-refractivity contribution in [2.24, 2.45) is 5.92 Å². The second-order valence-electron chi connectivity index (χ2n) is 5.15. The molecule has 1 aliphatic rings. The molecule has 6 nitrogen and oxygen atoms in total. The van der Waals surface area contributed by atoms with Crippen LogP contribution in [0.4, 0.5) is 5.69 Å². The first kappa shape index (κ1) is 15.4. The summed E-state index contributed by atoms with van der Waals surface area (Å²) >= 11 is 0. The molecule has 0 saturated carbocycles. The van der Waals surface area contributed by atoms with Gasteiger partial charge in [-0.1, -0.05) is 0 Å². The van der Waals surface area contributed by atoms with Crippen LogP contribution in [-0.4, -0.2) is 51.8 Å². The van der Waals surface area contributed by atoms with Crippen molar-refractivity contribution in [2.75, 3.05) is 46.8 Å². The van der Waals surface area contributed by atoms with E-state index in [1.54, 1.807) is 31.3 Å². The van der Waals surface area contributed by atoms with Gasteiger partial charge >= 0.3 is 0 Å². The molecule has 1 unspecified atom stereocenters. The quantitative estimate of drug-likeness (QED) is 0.831. The van der Waals surface area contributed by atoms with Gasteiger partial charge in [0.05, 0.1) is 32.1 Å². The maximum Gasteiger partial charge on any atom is 0.256 e. The third kappa shape index (κ3) is 3.21. The molecule has 2 N–H and O–H groups in total. The van der Waals surface area contributed by atoms with Crippen molar-refractivity contribution in [3.8, 4) is 11.5 Å². The molecule has 0 spiro atoms. The zero-order valence-corrected chi connectivity index (χ0v) is 12.7. The first-order valence-electron chi connectivity index (χ1n) is 6.90. The standard InChI is InChI=1S/C15H22N2O4/c1-19-9-10-4-5-17(8-10)15(18)12-6-11(20-2)7-13(21-3)14(12)16/h6-7,10H,4-5,8-9,16H2,1-3H3. The van der Waals surface area contributed by atoms with Crippen molar-refractivity contribution in [1.29, 1.82) is 0 Å². The fourth-order valence-corrected chi connectivity index (χ4v) is 2.62. The molecule has 21 heavy (non-hydrogen) atoms. The summed E-state index contributed by atoms with van der Waals surface area (Å²) in [7, 11) is 4.74. The summed E-state index contributed by atoms with van der Waals surface area (Å²) in [6.45, 7) is 2.07. The molecule has 1 aromatic carbocycles. The van der Waals surface area contributed by atoms with Crippen molar-refractivity contribution in [3.63, 3.8) is 0 Å². The van der Waals surface area contributed by atoms with Crippen LogP contribution in [-0.2, 0) is 4.74 Å². The third-order valence-electron chi connectivity index (χ3n) is 3.78. The van der Waals surface area contributed by atoms with E-state index >= 15 is 0 Å². The maximum atomic E-state index is 12.6. The van der Waals surface area contributed by atoms with Crippen molar-refractivity contribution in [1.82, 2.24) is 4.90 Å². The molecule has 6 heteroatoms. The van der Waals surface area contributed by atoms with Crippen molar-refractivity contribution < 1.29 is 19.0 Å². The molecule has 1 fully saturated rings. The average molecular weight is 294 g/mol. The van der Waals surface area contributed by atoms with Crippen LogP contribution in [0.25, 0.3) is 0 Å². The van der Waals surface area contributed by atoms with Crippen LogP contribution in [0.3, 0.4) is 0 Å². The zero-order chi connectivity index (χ0) is 15.4. The van der Waals surface area contributed by atoms with Gasteiger partial charge in [-0.05, 0) is 12.5 Å². The van der Waals surface area contributed by atoms with E-state index in [4.69, 9.17) is 19.9 Å². The summed E-state index contributed by atoms with van der Waals surface area (Å²) in [6, 6.07) is 3.33. The van der Waals surface area contributed by atoms with E-state index in [0.29, 0.717) is 48.4 Å². The van der Waals surface area contributed by atoms with Crippen molar-refractivity contribution in [2.45, 2.75) is 6.42 Å². The van der Waals surface area contributed by atoms with Gasteiger partial charge in [0.2, 0.25) is 0 Å². The maximum absolute atomic E-state index is 12.6. The zero-order valence-electron chi connectivity index (χ0n) is 12.7. The molecule has 2 rings (SSSR count). The van der Waals surface area contributed by atoms with Crippen LogP contribution >= 0.6 is 0 Å². The summed E-state index contributed by atoms with van der Waals surface area (Å²) < 4.78 is 15.6. The Morgan fingerprint density at radius 2 is 2.10 bits per heavy atom. The highest BCUT2D eigenvalue weighted by molar-refractivity contribution is 6.01. The minimum atomic E-state index is -0.0942. The van der Waals surface area contributed by atoms with Crippen molar-refractivity contribution in [3.05, 3.63) is 17.7 Å². The molecule has 0 aliphatic carbocycles. The highest BCUT2D eigenvalue weighted by atomic mass is 16.5. The van der Waals surface area contributed by atoms with Crippen LogP contribution in [0.1, 0.15) is 16.8 Å². The highest BCUT2D eigenvalue weighted by Gasteiger charge is 2.28. The Bertz CT molecular complexity index is 519. The molecule has 0 radical (unpaired) electrons. The highest BCUT2D eigenvalue weighted by Crippen LogP contribution is 2.32. The SMILES string of the molecule is COCC1CCN(C(=O)c2cc(OC)cc(OC)c2N)C1. The molecule has 116 valence electrons. The summed E-state index contributed by atoms with van der Waals surface area (Å²) in [5.74, 6) is 1.29. The van der Waals surface area contributed by atoms with Gasteiger partial charge in [0, 0.05) is 32.2 Å². The van der Waals surface area contributed by atoms with Gasteiger partial charge in [-0.25, -0.2) is 0 Å². The first-order chi connectivity index (χ1) is 10.1. The molecule has 0 bridgehead atoms. The molecular formula is C15H22N2O4. The smallest absolute Gasteiger partial charge is 0.256 e. The Kier molecular flexibility index (Phi) is 4.90. The number of nitrogens with zero attached hydrogens (tertiary/aromatic N) is 1. The summed E-state index contributed by atoms with van der Waals surface area (Å²) in [6.07, 6.45) is 0.945. The number of anilines is 1. The lowest BCUT2D eigenvalue weighted by Crippen LogP contribution is -2.30. The van der Waals surface area contributed by atoms with E-state index in [1.807, 2.05) is 0 Å². The predicted molar refractivity (Wildman–Crippen MR) is 79.8 cm³/mol. The molecular weight excluding hydrogens is 272 g/mol. The number of ether oxygens (including phenoxy) is 3. The number of likely N-dealkylation sites (tertiary alicyclic amines) is 1. The Labute approximate surface area is 124 Å². The minimum Gasteiger partial charge on any atom is -0.497 e. The molecule has 1 aliphatic heterocycles. The monoisotopic (exact) mass is 294 g/mol.